The molecule has 1 aromatic heterocycles. The number of para-hydroxylation sites is 1. The van der Waals surface area contributed by atoms with Crippen LogP contribution in [0.4, 0.5) is 5.69 Å². The largest absolute Gasteiger partial charge is 0.325 e. The zero-order chi connectivity index (χ0) is 15.2. The van der Waals surface area contributed by atoms with Gasteiger partial charge in [0.15, 0.2) is 0 Å². The van der Waals surface area contributed by atoms with Crippen molar-refractivity contribution < 1.29 is 4.79 Å². The van der Waals surface area contributed by atoms with Crippen LogP contribution in [0.25, 0.3) is 0 Å². The van der Waals surface area contributed by atoms with E-state index in [0.29, 0.717) is 17.8 Å². The third-order valence-electron chi connectivity index (χ3n) is 3.15. The molecule has 1 N–H and O–H groups in total. The van der Waals surface area contributed by atoms with E-state index in [4.69, 9.17) is 5.26 Å². The summed E-state index contributed by atoms with van der Waals surface area (Å²) in [5.74, 6) is -0.229. The lowest BCUT2D eigenvalue weighted by atomic mass is 10.2. The number of aromatic nitrogens is 1. The highest BCUT2D eigenvalue weighted by molar-refractivity contribution is 5.92. The van der Waals surface area contributed by atoms with Crippen LogP contribution in [0.2, 0.25) is 0 Å². The summed E-state index contributed by atoms with van der Waals surface area (Å²) >= 11 is 0. The number of nitrogens with one attached hydrogen (secondary N) is 1. The minimum atomic E-state index is -0.229. The van der Waals surface area contributed by atoms with Crippen LogP contribution in [0, 0.1) is 18.3 Å². The van der Waals surface area contributed by atoms with Gasteiger partial charge in [0.1, 0.15) is 6.07 Å². The Kier molecular flexibility index (Phi) is 4.52. The number of carbonyl (C=O) groups is 1. The lowest BCUT2D eigenvalue weighted by molar-refractivity contribution is -0.116. The SMILES string of the molecule is Cc1cccc(=O)n1CCC(=O)Nc1ccccc1C#N. The van der Waals surface area contributed by atoms with Crippen molar-refractivity contribution >= 4 is 11.6 Å². The van der Waals surface area contributed by atoms with E-state index in [1.165, 1.54) is 6.07 Å². The molecule has 0 fully saturated rings. The smallest absolute Gasteiger partial charge is 0.250 e. The number of benzene rings is 1. The van der Waals surface area contributed by atoms with Crippen LogP contribution in [-0.2, 0) is 11.3 Å². The number of carbonyl (C=O) groups excluding carboxylic acids is 1. The Morgan fingerprint density at radius 1 is 1.24 bits per heavy atom. The Hall–Kier alpha value is -2.87. The second-order valence-corrected chi connectivity index (χ2v) is 4.61. The van der Waals surface area contributed by atoms with Gasteiger partial charge in [0.25, 0.3) is 5.56 Å². The van der Waals surface area contributed by atoms with Crippen LogP contribution in [0.15, 0.2) is 47.3 Å². The van der Waals surface area contributed by atoms with Gasteiger partial charge in [-0.15, -0.1) is 0 Å². The van der Waals surface area contributed by atoms with Crippen LogP contribution in [0.1, 0.15) is 17.7 Å². The number of hydrogen-bond donors (Lipinski definition) is 1. The Labute approximate surface area is 122 Å². The first-order chi connectivity index (χ1) is 10.1. The quantitative estimate of drug-likeness (QED) is 0.932. The molecular weight excluding hydrogens is 266 g/mol. The first-order valence-electron chi connectivity index (χ1n) is 6.57. The van der Waals surface area contributed by atoms with Gasteiger partial charge in [-0.1, -0.05) is 18.2 Å². The average molecular weight is 281 g/mol. The summed E-state index contributed by atoms with van der Waals surface area (Å²) in [5, 5.41) is 11.7. The van der Waals surface area contributed by atoms with Crippen molar-refractivity contribution in [2.24, 2.45) is 0 Å². The van der Waals surface area contributed by atoms with Gasteiger partial charge in [-0.2, -0.15) is 5.26 Å². The first kappa shape index (κ1) is 14.5. The number of pyridine rings is 1. The molecule has 1 aromatic carbocycles. The second kappa shape index (κ2) is 6.53. The summed E-state index contributed by atoms with van der Waals surface area (Å²) in [4.78, 5) is 23.6. The van der Waals surface area contributed by atoms with Crippen molar-refractivity contribution in [3.63, 3.8) is 0 Å². The molecule has 0 unspecified atom stereocenters. The van der Waals surface area contributed by atoms with Gasteiger partial charge in [-0.3, -0.25) is 9.59 Å². The van der Waals surface area contributed by atoms with Crippen molar-refractivity contribution in [1.82, 2.24) is 4.57 Å². The predicted molar refractivity (Wildman–Crippen MR) is 79.8 cm³/mol. The summed E-state index contributed by atoms with van der Waals surface area (Å²) in [6, 6.07) is 13.8. The van der Waals surface area contributed by atoms with E-state index in [-0.39, 0.29) is 17.9 Å². The predicted octanol–water partition coefficient (Wildman–Crippen LogP) is 2.06. The molecule has 0 bridgehead atoms. The number of anilines is 1. The number of aryl methyl sites for hydroxylation is 1. The molecule has 5 nitrogen and oxygen atoms in total. The molecule has 0 saturated carbocycles. The number of hydrogen-bond acceptors (Lipinski definition) is 3. The fourth-order valence-corrected chi connectivity index (χ4v) is 2.03. The Morgan fingerprint density at radius 2 is 2.00 bits per heavy atom. The molecule has 0 aliphatic heterocycles. The summed E-state index contributed by atoms with van der Waals surface area (Å²) in [6.45, 7) is 2.14. The van der Waals surface area contributed by atoms with Crippen molar-refractivity contribution in [1.29, 1.82) is 5.26 Å². The summed E-state index contributed by atoms with van der Waals surface area (Å²) in [7, 11) is 0. The van der Waals surface area contributed by atoms with Gasteiger partial charge < -0.3 is 9.88 Å². The zero-order valence-electron chi connectivity index (χ0n) is 11.7. The van der Waals surface area contributed by atoms with Crippen molar-refractivity contribution in [2.75, 3.05) is 5.32 Å². The molecule has 21 heavy (non-hydrogen) atoms. The van der Waals surface area contributed by atoms with Gasteiger partial charge in [-0.25, -0.2) is 0 Å². The van der Waals surface area contributed by atoms with E-state index in [9.17, 15) is 9.59 Å². The highest BCUT2D eigenvalue weighted by Gasteiger charge is 2.07. The van der Waals surface area contributed by atoms with E-state index >= 15 is 0 Å². The molecule has 106 valence electrons. The van der Waals surface area contributed by atoms with Crippen LogP contribution < -0.4 is 10.9 Å². The van der Waals surface area contributed by atoms with Crippen LogP contribution >= 0.6 is 0 Å². The lowest BCUT2D eigenvalue weighted by Gasteiger charge is -2.10. The molecular formula is C16H15N3O2. The number of amides is 1. The fraction of sp³-hybridized carbons (Fsp3) is 0.188. The van der Waals surface area contributed by atoms with Gasteiger partial charge in [-0.05, 0) is 25.1 Å². The highest BCUT2D eigenvalue weighted by Crippen LogP contribution is 2.13. The van der Waals surface area contributed by atoms with Crippen LogP contribution in [0.5, 0.6) is 0 Å². The molecule has 0 atom stereocenters. The highest BCUT2D eigenvalue weighted by atomic mass is 16.1. The Morgan fingerprint density at radius 3 is 2.71 bits per heavy atom. The maximum atomic E-state index is 11.9. The summed E-state index contributed by atoms with van der Waals surface area (Å²) in [5.41, 5.74) is 1.59. The van der Waals surface area contributed by atoms with E-state index in [1.54, 1.807) is 34.9 Å². The number of rotatable bonds is 4. The van der Waals surface area contributed by atoms with E-state index in [1.807, 2.05) is 19.1 Å². The summed E-state index contributed by atoms with van der Waals surface area (Å²) in [6.07, 6.45) is 0.171. The normalized spacial score (nSPS) is 9.90. The Bertz CT molecular complexity index is 757. The third-order valence-corrected chi connectivity index (χ3v) is 3.15. The standard InChI is InChI=1S/C16H15N3O2/c1-12-5-4-8-16(21)19(12)10-9-15(20)18-14-7-3-2-6-13(14)11-17/h2-8H,9-10H2,1H3,(H,18,20). The number of nitrogens with zero attached hydrogens (tertiary/aromatic N) is 2. The molecule has 1 amide bonds. The third kappa shape index (κ3) is 3.57. The molecule has 0 aliphatic carbocycles. The average Bonchev–Trinajstić information content (AvgIpc) is 2.47. The molecule has 0 aliphatic rings. The van der Waals surface area contributed by atoms with Crippen LogP contribution in [0.3, 0.4) is 0 Å². The second-order valence-electron chi connectivity index (χ2n) is 4.61. The van der Waals surface area contributed by atoms with Crippen molar-refractivity contribution in [3.05, 3.63) is 64.1 Å². The van der Waals surface area contributed by atoms with Gasteiger partial charge >= 0.3 is 0 Å². The maximum Gasteiger partial charge on any atom is 0.250 e. The van der Waals surface area contributed by atoms with Crippen molar-refractivity contribution in [3.8, 4) is 6.07 Å². The fourth-order valence-electron chi connectivity index (χ4n) is 2.03. The van der Waals surface area contributed by atoms with E-state index in [2.05, 4.69) is 5.32 Å². The first-order valence-corrected chi connectivity index (χ1v) is 6.57. The zero-order valence-corrected chi connectivity index (χ0v) is 11.7. The Balaban J connectivity index is 2.03. The maximum absolute atomic E-state index is 11.9. The van der Waals surface area contributed by atoms with E-state index < -0.39 is 0 Å². The minimum absolute atomic E-state index is 0.125. The molecule has 1 heterocycles. The molecule has 5 heteroatoms. The van der Waals surface area contributed by atoms with Gasteiger partial charge in [0, 0.05) is 24.7 Å². The minimum Gasteiger partial charge on any atom is -0.325 e. The molecule has 2 rings (SSSR count). The van der Waals surface area contributed by atoms with Crippen molar-refractivity contribution in [2.45, 2.75) is 19.9 Å². The molecule has 0 radical (unpaired) electrons. The topological polar surface area (TPSA) is 74.9 Å². The molecule has 2 aromatic rings. The van der Waals surface area contributed by atoms with Crippen LogP contribution in [-0.4, -0.2) is 10.5 Å². The number of nitriles is 1. The molecule has 0 saturated heterocycles. The lowest BCUT2D eigenvalue weighted by Crippen LogP contribution is -2.24. The van der Waals surface area contributed by atoms with Gasteiger partial charge in [0.2, 0.25) is 5.91 Å². The van der Waals surface area contributed by atoms with Gasteiger partial charge in [0.05, 0.1) is 11.3 Å². The monoisotopic (exact) mass is 281 g/mol. The summed E-state index contributed by atoms with van der Waals surface area (Å²) < 4.78 is 1.55. The molecule has 0 spiro atoms. The van der Waals surface area contributed by atoms with E-state index in [0.717, 1.165) is 5.69 Å².